The highest BCUT2D eigenvalue weighted by Gasteiger charge is 2.41. The van der Waals surface area contributed by atoms with Crippen molar-refractivity contribution in [2.45, 2.75) is 13.0 Å². The quantitative estimate of drug-likeness (QED) is 0.439. The number of halogens is 2. The molecule has 0 spiro atoms. The lowest BCUT2D eigenvalue weighted by molar-refractivity contribution is -0.119. The monoisotopic (exact) mass is 479 g/mol. The van der Waals surface area contributed by atoms with Gasteiger partial charge in [-0.1, -0.05) is 35.3 Å². The molecule has 0 aliphatic carbocycles. The van der Waals surface area contributed by atoms with Gasteiger partial charge in [0, 0.05) is 29.8 Å². The zero-order valence-electron chi connectivity index (χ0n) is 17.1. The smallest absolute Gasteiger partial charge is 0.262 e. The lowest BCUT2D eigenvalue weighted by Gasteiger charge is -2.21. The number of aromatic nitrogens is 3. The molecule has 2 aromatic carbocycles. The second-order valence-corrected chi connectivity index (χ2v) is 8.30. The summed E-state index contributed by atoms with van der Waals surface area (Å²) in [7, 11) is 0. The minimum Gasteiger partial charge on any atom is -0.324 e. The average molecular weight is 480 g/mol. The Morgan fingerprint density at radius 2 is 1.67 bits per heavy atom. The molecule has 3 amide bonds. The molecule has 5 rings (SSSR count). The third-order valence-electron chi connectivity index (χ3n) is 5.41. The number of amides is 3. The Balaban J connectivity index is 1.32. The van der Waals surface area contributed by atoms with Crippen molar-refractivity contribution in [1.29, 1.82) is 0 Å². The molecule has 0 saturated carbocycles. The van der Waals surface area contributed by atoms with Crippen molar-refractivity contribution in [3.05, 3.63) is 82.2 Å². The molecule has 1 aliphatic heterocycles. The maximum atomic E-state index is 12.8. The third kappa shape index (κ3) is 3.63. The Bertz CT molecular complexity index is 1370. The Hall–Kier alpha value is -3.75. The molecule has 164 valence electrons. The van der Waals surface area contributed by atoms with Gasteiger partial charge in [0.2, 0.25) is 11.7 Å². The molecule has 10 heteroatoms. The first-order chi connectivity index (χ1) is 15.8. The first-order valence-corrected chi connectivity index (χ1v) is 10.7. The maximum Gasteiger partial charge on any atom is 0.262 e. The van der Waals surface area contributed by atoms with Crippen LogP contribution in [-0.4, -0.2) is 43.0 Å². The second-order valence-electron chi connectivity index (χ2n) is 7.49. The van der Waals surface area contributed by atoms with Crippen LogP contribution in [0.4, 0.5) is 5.69 Å². The number of imide groups is 1. The summed E-state index contributed by atoms with van der Waals surface area (Å²) in [6, 6.07) is 10.5. The number of benzene rings is 2. The lowest BCUT2D eigenvalue weighted by Crippen LogP contribution is -2.45. The largest absolute Gasteiger partial charge is 0.324 e. The highest BCUT2D eigenvalue weighted by atomic mass is 35.5. The molecule has 1 N–H and O–H groups in total. The van der Waals surface area contributed by atoms with Gasteiger partial charge in [0.15, 0.2) is 0 Å². The summed E-state index contributed by atoms with van der Waals surface area (Å²) in [5.41, 5.74) is 2.35. The number of hydrogen-bond donors (Lipinski definition) is 1. The Labute approximate surface area is 197 Å². The Kier molecular flexibility index (Phi) is 5.11. The van der Waals surface area contributed by atoms with E-state index >= 15 is 0 Å². The SMILES string of the molecule is CC(C(=O)Nc1ccc(-c2cn3cccnc3n2)cc1)N1C(=O)c2cc(Cl)c(Cl)cc2C1=O. The highest BCUT2D eigenvalue weighted by Crippen LogP contribution is 2.32. The van der Waals surface area contributed by atoms with Crippen molar-refractivity contribution >= 4 is 52.4 Å². The zero-order chi connectivity index (χ0) is 23.3. The molecular formula is C23H15Cl2N5O3. The van der Waals surface area contributed by atoms with Crippen LogP contribution in [0, 0.1) is 0 Å². The fourth-order valence-electron chi connectivity index (χ4n) is 3.66. The number of carbonyl (C=O) groups excluding carboxylic acids is 3. The Morgan fingerprint density at radius 1 is 1.03 bits per heavy atom. The molecule has 0 fully saturated rings. The van der Waals surface area contributed by atoms with Gasteiger partial charge in [-0.05, 0) is 37.3 Å². The van der Waals surface area contributed by atoms with Crippen LogP contribution in [0.1, 0.15) is 27.6 Å². The molecule has 3 heterocycles. The number of nitrogens with zero attached hydrogens (tertiary/aromatic N) is 4. The van der Waals surface area contributed by atoms with Crippen LogP contribution in [0.3, 0.4) is 0 Å². The first kappa shape index (κ1) is 21.1. The van der Waals surface area contributed by atoms with Crippen molar-refractivity contribution in [3.8, 4) is 11.3 Å². The zero-order valence-corrected chi connectivity index (χ0v) is 18.6. The van der Waals surface area contributed by atoms with E-state index in [2.05, 4.69) is 15.3 Å². The topological polar surface area (TPSA) is 96.7 Å². The van der Waals surface area contributed by atoms with Crippen LogP contribution < -0.4 is 5.32 Å². The normalized spacial score (nSPS) is 14.0. The van der Waals surface area contributed by atoms with Gasteiger partial charge in [0.05, 0.1) is 26.9 Å². The van der Waals surface area contributed by atoms with E-state index in [1.807, 2.05) is 35.0 Å². The summed E-state index contributed by atoms with van der Waals surface area (Å²) in [5, 5.41) is 3.07. The molecule has 1 aliphatic rings. The molecule has 0 saturated heterocycles. The van der Waals surface area contributed by atoms with Crippen LogP contribution in [0.15, 0.2) is 61.1 Å². The molecule has 0 radical (unpaired) electrons. The average Bonchev–Trinajstić information content (AvgIpc) is 3.34. The van der Waals surface area contributed by atoms with Crippen LogP contribution in [0.5, 0.6) is 0 Å². The van der Waals surface area contributed by atoms with E-state index in [1.54, 1.807) is 18.3 Å². The number of fused-ring (bicyclic) bond motifs is 2. The summed E-state index contributed by atoms with van der Waals surface area (Å²) >= 11 is 12.0. The minimum atomic E-state index is -1.04. The standard InChI is InChI=1S/C23H15Cl2N5O3/c1-12(30-21(32)15-9-17(24)18(25)10-16(15)22(30)33)20(31)27-14-5-3-13(4-6-14)19-11-29-8-2-7-26-23(29)28-19/h2-12H,1H3,(H,27,31). The molecule has 1 atom stereocenters. The van der Waals surface area contributed by atoms with Crippen LogP contribution in [0.2, 0.25) is 10.0 Å². The number of rotatable bonds is 4. The van der Waals surface area contributed by atoms with Gasteiger partial charge >= 0.3 is 0 Å². The molecule has 0 bridgehead atoms. The molecule has 8 nitrogen and oxygen atoms in total. The summed E-state index contributed by atoms with van der Waals surface area (Å²) in [4.78, 5) is 47.9. The predicted octanol–water partition coefficient (Wildman–Crippen LogP) is 4.33. The number of nitrogens with one attached hydrogen (secondary N) is 1. The second kappa shape index (κ2) is 7.99. The molecule has 33 heavy (non-hydrogen) atoms. The number of imidazole rings is 1. The van der Waals surface area contributed by atoms with Crippen molar-refractivity contribution in [2.24, 2.45) is 0 Å². The van der Waals surface area contributed by atoms with Gasteiger partial charge in [-0.15, -0.1) is 0 Å². The first-order valence-electron chi connectivity index (χ1n) is 9.91. The fourth-order valence-corrected chi connectivity index (χ4v) is 3.99. The summed E-state index contributed by atoms with van der Waals surface area (Å²) < 4.78 is 1.81. The summed E-state index contributed by atoms with van der Waals surface area (Å²) in [6.45, 7) is 1.48. The van der Waals surface area contributed by atoms with Crippen LogP contribution in [-0.2, 0) is 4.79 Å². The number of hydrogen-bond acceptors (Lipinski definition) is 5. The van der Waals surface area contributed by atoms with Crippen LogP contribution in [0.25, 0.3) is 17.0 Å². The van der Waals surface area contributed by atoms with Gasteiger partial charge in [-0.3, -0.25) is 23.7 Å². The van der Waals surface area contributed by atoms with Crippen LogP contribution >= 0.6 is 23.2 Å². The van der Waals surface area contributed by atoms with Crippen molar-refractivity contribution in [2.75, 3.05) is 5.32 Å². The predicted molar refractivity (Wildman–Crippen MR) is 123 cm³/mol. The van der Waals surface area contributed by atoms with Gasteiger partial charge in [0.25, 0.3) is 11.8 Å². The molecule has 1 unspecified atom stereocenters. The minimum absolute atomic E-state index is 0.125. The third-order valence-corrected chi connectivity index (χ3v) is 6.13. The van der Waals surface area contributed by atoms with E-state index in [0.29, 0.717) is 11.5 Å². The summed E-state index contributed by atoms with van der Waals surface area (Å²) in [6.07, 6.45) is 5.39. The van der Waals surface area contributed by atoms with E-state index < -0.39 is 23.8 Å². The van der Waals surface area contributed by atoms with Gasteiger partial charge in [0.1, 0.15) is 6.04 Å². The van der Waals surface area contributed by atoms with E-state index in [0.717, 1.165) is 16.2 Å². The van der Waals surface area contributed by atoms with E-state index in [4.69, 9.17) is 23.2 Å². The fraction of sp³-hybridized carbons (Fsp3) is 0.0870. The lowest BCUT2D eigenvalue weighted by atomic mass is 10.1. The van der Waals surface area contributed by atoms with Gasteiger partial charge < -0.3 is 5.32 Å². The highest BCUT2D eigenvalue weighted by molar-refractivity contribution is 6.43. The van der Waals surface area contributed by atoms with Crippen molar-refractivity contribution in [3.63, 3.8) is 0 Å². The van der Waals surface area contributed by atoms with Crippen molar-refractivity contribution in [1.82, 2.24) is 19.3 Å². The van der Waals surface area contributed by atoms with E-state index in [1.165, 1.54) is 19.1 Å². The summed E-state index contributed by atoms with van der Waals surface area (Å²) in [5.74, 6) is -1.10. The van der Waals surface area contributed by atoms with Gasteiger partial charge in [-0.2, -0.15) is 0 Å². The van der Waals surface area contributed by atoms with Crippen molar-refractivity contribution < 1.29 is 14.4 Å². The van der Waals surface area contributed by atoms with Gasteiger partial charge in [-0.25, -0.2) is 9.97 Å². The van der Waals surface area contributed by atoms with E-state index in [9.17, 15) is 14.4 Å². The maximum absolute atomic E-state index is 12.8. The Morgan fingerprint density at radius 3 is 2.27 bits per heavy atom. The van der Waals surface area contributed by atoms with E-state index in [-0.39, 0.29) is 21.2 Å². The molecule has 2 aromatic heterocycles. The number of anilines is 1. The molecular weight excluding hydrogens is 465 g/mol. The molecule has 4 aromatic rings. The number of carbonyl (C=O) groups is 3.